The van der Waals surface area contributed by atoms with E-state index in [1.54, 1.807) is 0 Å². The fourth-order valence-electron chi connectivity index (χ4n) is 0.724. The van der Waals surface area contributed by atoms with Gasteiger partial charge in [0.25, 0.3) is 0 Å². The Bertz CT molecular complexity index is 291. The van der Waals surface area contributed by atoms with E-state index in [0.717, 1.165) is 12.1 Å². The van der Waals surface area contributed by atoms with E-state index < -0.39 is 11.7 Å². The molecule has 0 saturated carbocycles. The summed E-state index contributed by atoms with van der Waals surface area (Å²) in [7, 11) is 0. The van der Waals surface area contributed by atoms with Crippen molar-refractivity contribution in [2.45, 2.75) is 6.18 Å². The molecule has 0 nitrogen and oxygen atoms in total. The summed E-state index contributed by atoms with van der Waals surface area (Å²) in [5.41, 5.74) is -0.357. The van der Waals surface area contributed by atoms with Gasteiger partial charge in [0.05, 0.1) is 5.56 Å². The fourth-order valence-corrected chi connectivity index (χ4v) is 0.904. The molecule has 0 N–H and O–H groups in total. The molecule has 0 unspecified atom stereocenters. The first kappa shape index (κ1) is 9.39. The van der Waals surface area contributed by atoms with Gasteiger partial charge >= 0.3 is 6.18 Å². The van der Waals surface area contributed by atoms with Crippen LogP contribution in [0.5, 0.6) is 0 Å². The monoisotopic (exact) mass is 193 g/mol. The zero-order valence-electron chi connectivity index (χ0n) is 5.95. The predicted octanol–water partition coefficient (Wildman–Crippen LogP) is 3.54. The molecule has 0 amide bonds. The first-order chi connectivity index (χ1) is 5.41. The van der Waals surface area contributed by atoms with E-state index in [0.29, 0.717) is 5.56 Å². The molecule has 0 aliphatic carbocycles. The van der Waals surface area contributed by atoms with Crippen LogP contribution in [0.15, 0.2) is 18.2 Å². The van der Waals surface area contributed by atoms with Gasteiger partial charge in [0.2, 0.25) is 0 Å². The first-order valence-electron chi connectivity index (χ1n) is 3.10. The molecule has 0 bridgehead atoms. The lowest BCUT2D eigenvalue weighted by Gasteiger charge is -2.07. The summed E-state index contributed by atoms with van der Waals surface area (Å²) in [5, 5.41) is 0.0322. The average Bonchev–Trinajstić information content (AvgIpc) is 1.92. The molecule has 1 radical (unpaired) electrons. The average molecular weight is 194 g/mol. The van der Waals surface area contributed by atoms with Gasteiger partial charge in [-0.15, -0.1) is 0 Å². The molecule has 12 heavy (non-hydrogen) atoms. The van der Waals surface area contributed by atoms with Crippen molar-refractivity contribution in [3.8, 4) is 0 Å². The van der Waals surface area contributed by atoms with Crippen molar-refractivity contribution in [2.75, 3.05) is 0 Å². The third-order valence-corrected chi connectivity index (χ3v) is 1.73. The molecule has 0 saturated heterocycles. The number of hydrogen-bond donors (Lipinski definition) is 0. The Labute approximate surface area is 73.0 Å². The minimum atomic E-state index is -4.34. The van der Waals surface area contributed by atoms with E-state index in [4.69, 9.17) is 11.6 Å². The molecule has 1 aromatic rings. The van der Waals surface area contributed by atoms with Crippen LogP contribution in [0, 0.1) is 6.92 Å². The summed E-state index contributed by atoms with van der Waals surface area (Å²) in [6.45, 7) is 3.44. The normalized spacial score (nSPS) is 11.8. The van der Waals surface area contributed by atoms with Gasteiger partial charge in [-0.1, -0.05) is 17.7 Å². The Balaban J connectivity index is 3.14. The molecule has 0 aliphatic heterocycles. The molecule has 1 aromatic carbocycles. The Hall–Kier alpha value is -0.700. The summed E-state index contributed by atoms with van der Waals surface area (Å²) >= 11 is 5.46. The Kier molecular flexibility index (Phi) is 2.33. The molecular formula is C8H5ClF3. The third-order valence-electron chi connectivity index (χ3n) is 1.38. The van der Waals surface area contributed by atoms with Gasteiger partial charge in [0.1, 0.15) is 0 Å². The zero-order chi connectivity index (χ0) is 9.35. The van der Waals surface area contributed by atoms with Crippen LogP contribution >= 0.6 is 11.6 Å². The van der Waals surface area contributed by atoms with E-state index in [9.17, 15) is 13.2 Å². The maximum Gasteiger partial charge on any atom is 0.416 e. The van der Waals surface area contributed by atoms with E-state index in [-0.39, 0.29) is 5.02 Å². The smallest absolute Gasteiger partial charge is 0.166 e. The van der Waals surface area contributed by atoms with E-state index in [2.05, 4.69) is 6.92 Å². The van der Waals surface area contributed by atoms with Crippen molar-refractivity contribution < 1.29 is 13.2 Å². The minimum Gasteiger partial charge on any atom is -0.166 e. The molecule has 0 heterocycles. The molecule has 0 fully saturated rings. The summed E-state index contributed by atoms with van der Waals surface area (Å²) in [6, 6.07) is 3.06. The van der Waals surface area contributed by atoms with Crippen LogP contribution in [0.25, 0.3) is 0 Å². The van der Waals surface area contributed by atoms with E-state index in [1.165, 1.54) is 6.07 Å². The lowest BCUT2D eigenvalue weighted by Crippen LogP contribution is -2.04. The second-order valence-corrected chi connectivity index (χ2v) is 2.71. The molecular weight excluding hydrogens is 189 g/mol. The third kappa shape index (κ3) is 1.91. The Morgan fingerprint density at radius 1 is 1.25 bits per heavy atom. The first-order valence-corrected chi connectivity index (χ1v) is 3.48. The van der Waals surface area contributed by atoms with E-state index >= 15 is 0 Å². The largest absolute Gasteiger partial charge is 0.416 e. The van der Waals surface area contributed by atoms with Gasteiger partial charge in [-0.05, 0) is 24.6 Å². The molecule has 0 atom stereocenters. The highest BCUT2D eigenvalue weighted by molar-refractivity contribution is 6.31. The number of benzene rings is 1. The second-order valence-electron chi connectivity index (χ2n) is 2.30. The Morgan fingerprint density at radius 2 is 1.83 bits per heavy atom. The predicted molar refractivity (Wildman–Crippen MR) is 40.9 cm³/mol. The number of rotatable bonds is 0. The van der Waals surface area contributed by atoms with Gasteiger partial charge in [0, 0.05) is 5.02 Å². The summed E-state index contributed by atoms with van der Waals surface area (Å²) < 4.78 is 36.1. The molecule has 65 valence electrons. The molecule has 0 spiro atoms. The van der Waals surface area contributed by atoms with Crippen molar-refractivity contribution >= 4 is 11.6 Å². The summed E-state index contributed by atoms with van der Waals surface area (Å²) in [4.78, 5) is 0. The topological polar surface area (TPSA) is 0 Å². The van der Waals surface area contributed by atoms with Crippen LogP contribution in [0.2, 0.25) is 5.02 Å². The lowest BCUT2D eigenvalue weighted by atomic mass is 10.1. The van der Waals surface area contributed by atoms with Crippen molar-refractivity contribution in [2.24, 2.45) is 0 Å². The molecule has 4 heteroatoms. The summed E-state index contributed by atoms with van der Waals surface area (Å²) in [6.07, 6.45) is -4.34. The van der Waals surface area contributed by atoms with Crippen LogP contribution in [0.1, 0.15) is 11.1 Å². The number of alkyl halides is 3. The van der Waals surface area contributed by atoms with Gasteiger partial charge in [-0.25, -0.2) is 0 Å². The van der Waals surface area contributed by atoms with E-state index in [1.807, 2.05) is 0 Å². The molecule has 1 rings (SSSR count). The zero-order valence-corrected chi connectivity index (χ0v) is 6.71. The van der Waals surface area contributed by atoms with Crippen molar-refractivity contribution in [1.82, 2.24) is 0 Å². The standard InChI is InChI=1S/C8H5ClF3/c1-5-2-3-6(4-7(5)9)8(10,11)12/h2-4H,1H2. The van der Waals surface area contributed by atoms with Crippen LogP contribution in [-0.4, -0.2) is 0 Å². The maximum atomic E-state index is 12.0. The van der Waals surface area contributed by atoms with Crippen LogP contribution in [0.3, 0.4) is 0 Å². The van der Waals surface area contributed by atoms with Crippen molar-refractivity contribution in [3.63, 3.8) is 0 Å². The highest BCUT2D eigenvalue weighted by atomic mass is 35.5. The van der Waals surface area contributed by atoms with Crippen LogP contribution in [0.4, 0.5) is 13.2 Å². The molecule has 0 aliphatic rings. The number of hydrogen-bond acceptors (Lipinski definition) is 0. The van der Waals surface area contributed by atoms with Crippen LogP contribution < -0.4 is 0 Å². The Morgan fingerprint density at radius 3 is 2.25 bits per heavy atom. The minimum absolute atomic E-state index is 0.0322. The maximum absolute atomic E-state index is 12.0. The van der Waals surface area contributed by atoms with Gasteiger partial charge in [0.15, 0.2) is 0 Å². The second kappa shape index (κ2) is 2.98. The fraction of sp³-hybridized carbons (Fsp3) is 0.125. The number of halogens is 4. The highest BCUT2D eigenvalue weighted by Gasteiger charge is 2.30. The lowest BCUT2D eigenvalue weighted by molar-refractivity contribution is -0.137. The quantitative estimate of drug-likeness (QED) is 0.591. The van der Waals surface area contributed by atoms with Gasteiger partial charge in [-0.3, -0.25) is 0 Å². The highest BCUT2D eigenvalue weighted by Crippen LogP contribution is 2.31. The van der Waals surface area contributed by atoms with Crippen LogP contribution in [-0.2, 0) is 6.18 Å². The molecule has 0 aromatic heterocycles. The summed E-state index contributed by atoms with van der Waals surface area (Å²) in [5.74, 6) is 0. The van der Waals surface area contributed by atoms with Crippen molar-refractivity contribution in [3.05, 3.63) is 41.3 Å². The van der Waals surface area contributed by atoms with Gasteiger partial charge < -0.3 is 0 Å². The van der Waals surface area contributed by atoms with Gasteiger partial charge in [-0.2, -0.15) is 13.2 Å². The van der Waals surface area contributed by atoms with Crippen molar-refractivity contribution in [1.29, 1.82) is 0 Å². The SMILES string of the molecule is [CH2]c1ccc(C(F)(F)F)cc1Cl.